The van der Waals surface area contributed by atoms with Crippen LogP contribution in [0.2, 0.25) is 0 Å². The van der Waals surface area contributed by atoms with Gasteiger partial charge < -0.3 is 10.1 Å². The van der Waals surface area contributed by atoms with Crippen LogP contribution in [0.25, 0.3) is 0 Å². The molecule has 0 radical (unpaired) electrons. The van der Waals surface area contributed by atoms with Crippen LogP contribution in [-0.2, 0) is 0 Å². The SMILES string of the molecule is CCC(CC)Nc1cc(C)nc(Oc2c(C)cc(C=O)cc2C)c1C. The highest BCUT2D eigenvalue weighted by molar-refractivity contribution is 5.76. The molecule has 1 aromatic heterocycles. The van der Waals surface area contributed by atoms with Crippen molar-refractivity contribution < 1.29 is 9.53 Å². The lowest BCUT2D eigenvalue weighted by Crippen LogP contribution is -2.18. The molecule has 0 saturated carbocycles. The van der Waals surface area contributed by atoms with Crippen LogP contribution in [-0.4, -0.2) is 17.3 Å². The molecular weight excluding hydrogens is 312 g/mol. The number of aldehydes is 1. The highest BCUT2D eigenvalue weighted by Gasteiger charge is 2.15. The molecule has 134 valence electrons. The fourth-order valence-electron chi connectivity index (χ4n) is 2.98. The number of ether oxygens (including phenoxy) is 1. The summed E-state index contributed by atoms with van der Waals surface area (Å²) in [7, 11) is 0. The van der Waals surface area contributed by atoms with Gasteiger partial charge in [-0.25, -0.2) is 4.98 Å². The molecular formula is C21H28N2O2. The van der Waals surface area contributed by atoms with Crippen LogP contribution >= 0.6 is 0 Å². The van der Waals surface area contributed by atoms with Crippen molar-refractivity contribution in [2.45, 2.75) is 60.4 Å². The van der Waals surface area contributed by atoms with Crippen LogP contribution in [0.1, 0.15) is 59.4 Å². The van der Waals surface area contributed by atoms with E-state index in [1.807, 2.05) is 39.8 Å². The number of hydrogen-bond donors (Lipinski definition) is 1. The number of anilines is 1. The minimum absolute atomic E-state index is 0.434. The Hall–Kier alpha value is -2.36. The van der Waals surface area contributed by atoms with Crippen LogP contribution in [0.5, 0.6) is 11.6 Å². The van der Waals surface area contributed by atoms with E-state index >= 15 is 0 Å². The maximum atomic E-state index is 11.0. The van der Waals surface area contributed by atoms with Crippen molar-refractivity contribution in [3.8, 4) is 11.6 Å². The summed E-state index contributed by atoms with van der Waals surface area (Å²) in [6.45, 7) is 12.3. The molecule has 0 aliphatic heterocycles. The third-order valence-corrected chi connectivity index (χ3v) is 4.52. The Bertz CT molecular complexity index is 742. The van der Waals surface area contributed by atoms with E-state index in [0.29, 0.717) is 17.5 Å². The van der Waals surface area contributed by atoms with E-state index in [1.54, 1.807) is 0 Å². The lowest BCUT2D eigenvalue weighted by molar-refractivity contribution is 0.112. The number of aryl methyl sites for hydroxylation is 3. The zero-order chi connectivity index (χ0) is 18.6. The molecule has 0 saturated heterocycles. The van der Waals surface area contributed by atoms with Crippen LogP contribution in [0, 0.1) is 27.7 Å². The van der Waals surface area contributed by atoms with Gasteiger partial charge in [0.25, 0.3) is 0 Å². The third kappa shape index (κ3) is 4.38. The molecule has 0 atom stereocenters. The van der Waals surface area contributed by atoms with Gasteiger partial charge in [-0.05, 0) is 69.9 Å². The van der Waals surface area contributed by atoms with Gasteiger partial charge in [0.05, 0.1) is 0 Å². The Morgan fingerprint density at radius 1 is 1.08 bits per heavy atom. The molecule has 2 aromatic rings. The van der Waals surface area contributed by atoms with Crippen LogP contribution in [0.4, 0.5) is 5.69 Å². The number of nitrogens with one attached hydrogen (secondary N) is 1. The predicted octanol–water partition coefficient (Wildman–Crippen LogP) is 5.52. The molecule has 1 aromatic carbocycles. The quantitative estimate of drug-likeness (QED) is 0.674. The van der Waals surface area contributed by atoms with Crippen LogP contribution in [0.3, 0.4) is 0 Å². The van der Waals surface area contributed by atoms with Crippen LogP contribution in [0.15, 0.2) is 18.2 Å². The van der Waals surface area contributed by atoms with Gasteiger partial charge in [-0.15, -0.1) is 0 Å². The number of carbonyl (C=O) groups is 1. The molecule has 0 bridgehead atoms. The summed E-state index contributed by atoms with van der Waals surface area (Å²) in [4.78, 5) is 15.6. The first-order valence-corrected chi connectivity index (χ1v) is 8.88. The summed E-state index contributed by atoms with van der Waals surface area (Å²) in [6, 6.07) is 6.17. The third-order valence-electron chi connectivity index (χ3n) is 4.52. The fraction of sp³-hybridized carbons (Fsp3) is 0.429. The zero-order valence-corrected chi connectivity index (χ0v) is 16.1. The molecule has 4 heteroatoms. The lowest BCUT2D eigenvalue weighted by Gasteiger charge is -2.20. The molecule has 0 fully saturated rings. The number of carbonyl (C=O) groups excluding carboxylic acids is 1. The second-order valence-electron chi connectivity index (χ2n) is 6.60. The zero-order valence-electron chi connectivity index (χ0n) is 16.1. The van der Waals surface area contributed by atoms with Crippen molar-refractivity contribution in [3.05, 3.63) is 46.1 Å². The number of aromatic nitrogens is 1. The van der Waals surface area contributed by atoms with E-state index in [1.165, 1.54) is 0 Å². The van der Waals surface area contributed by atoms with Crippen molar-refractivity contribution in [3.63, 3.8) is 0 Å². The monoisotopic (exact) mass is 340 g/mol. The first-order valence-electron chi connectivity index (χ1n) is 8.88. The van der Waals surface area contributed by atoms with Gasteiger partial charge in [0.2, 0.25) is 5.88 Å². The van der Waals surface area contributed by atoms with Crippen molar-refractivity contribution in [2.75, 3.05) is 5.32 Å². The summed E-state index contributed by atoms with van der Waals surface area (Å²) in [5.41, 5.74) is 5.49. The van der Waals surface area contributed by atoms with E-state index in [-0.39, 0.29) is 0 Å². The summed E-state index contributed by atoms with van der Waals surface area (Å²) in [5.74, 6) is 1.37. The normalized spacial score (nSPS) is 10.8. The largest absolute Gasteiger partial charge is 0.438 e. The maximum Gasteiger partial charge on any atom is 0.224 e. The van der Waals surface area contributed by atoms with Gasteiger partial charge in [0, 0.05) is 28.6 Å². The Morgan fingerprint density at radius 2 is 1.68 bits per heavy atom. The minimum atomic E-state index is 0.434. The number of nitrogens with zero attached hydrogens (tertiary/aromatic N) is 1. The number of hydrogen-bond acceptors (Lipinski definition) is 4. The smallest absolute Gasteiger partial charge is 0.224 e. The number of pyridine rings is 1. The van der Waals surface area contributed by atoms with Crippen molar-refractivity contribution in [1.82, 2.24) is 4.98 Å². The van der Waals surface area contributed by atoms with E-state index in [2.05, 4.69) is 30.2 Å². The molecule has 1 heterocycles. The lowest BCUT2D eigenvalue weighted by atomic mass is 10.1. The summed E-state index contributed by atoms with van der Waals surface area (Å²) in [6.07, 6.45) is 3.00. The summed E-state index contributed by atoms with van der Waals surface area (Å²) < 4.78 is 6.17. The average Bonchev–Trinajstić information content (AvgIpc) is 2.58. The first-order chi connectivity index (χ1) is 11.9. The molecule has 0 unspecified atom stereocenters. The summed E-state index contributed by atoms with van der Waals surface area (Å²) >= 11 is 0. The molecule has 25 heavy (non-hydrogen) atoms. The minimum Gasteiger partial charge on any atom is -0.438 e. The topological polar surface area (TPSA) is 51.2 Å². The molecule has 0 spiro atoms. The summed E-state index contributed by atoms with van der Waals surface area (Å²) in [5, 5.41) is 3.59. The molecule has 1 N–H and O–H groups in total. The van der Waals surface area contributed by atoms with E-state index < -0.39 is 0 Å². The van der Waals surface area contributed by atoms with Crippen LogP contribution < -0.4 is 10.1 Å². The highest BCUT2D eigenvalue weighted by Crippen LogP contribution is 2.33. The van der Waals surface area contributed by atoms with E-state index in [0.717, 1.165) is 52.9 Å². The fourth-order valence-corrected chi connectivity index (χ4v) is 2.98. The Labute approximate surface area is 150 Å². The highest BCUT2D eigenvalue weighted by atomic mass is 16.5. The van der Waals surface area contributed by atoms with Crippen molar-refractivity contribution >= 4 is 12.0 Å². The van der Waals surface area contributed by atoms with E-state index in [9.17, 15) is 4.79 Å². The number of benzene rings is 1. The molecule has 0 aliphatic rings. The van der Waals surface area contributed by atoms with Gasteiger partial charge in [-0.2, -0.15) is 0 Å². The second kappa shape index (κ2) is 8.15. The van der Waals surface area contributed by atoms with Gasteiger partial charge >= 0.3 is 0 Å². The second-order valence-corrected chi connectivity index (χ2v) is 6.60. The maximum absolute atomic E-state index is 11.0. The average molecular weight is 340 g/mol. The Morgan fingerprint density at radius 3 is 2.20 bits per heavy atom. The Balaban J connectivity index is 2.40. The first kappa shape index (κ1) is 19.0. The molecule has 4 nitrogen and oxygen atoms in total. The van der Waals surface area contributed by atoms with Gasteiger partial charge in [0.15, 0.2) is 0 Å². The molecule has 2 rings (SSSR count). The van der Waals surface area contributed by atoms with Gasteiger partial charge in [0.1, 0.15) is 12.0 Å². The predicted molar refractivity (Wildman–Crippen MR) is 103 cm³/mol. The Kier molecular flexibility index (Phi) is 6.18. The van der Waals surface area contributed by atoms with Gasteiger partial charge in [-0.3, -0.25) is 4.79 Å². The van der Waals surface area contributed by atoms with Crippen molar-refractivity contribution in [1.29, 1.82) is 0 Å². The number of rotatable bonds is 7. The molecule has 0 amide bonds. The van der Waals surface area contributed by atoms with Gasteiger partial charge in [-0.1, -0.05) is 13.8 Å². The standard InChI is InChI=1S/C21H28N2O2/c1-7-18(8-2)23-19-11-15(5)22-21(16(19)6)25-20-13(3)9-17(12-24)10-14(20)4/h9-12,18H,7-8H2,1-6H3,(H,22,23). The van der Waals surface area contributed by atoms with E-state index in [4.69, 9.17) is 4.74 Å². The molecule has 0 aliphatic carbocycles. The van der Waals surface area contributed by atoms with Crippen molar-refractivity contribution in [2.24, 2.45) is 0 Å².